The zero-order valence-electron chi connectivity index (χ0n) is 11.6. The fourth-order valence-corrected chi connectivity index (χ4v) is 8.30. The van der Waals surface area contributed by atoms with E-state index < -0.39 is 13.0 Å². The molecule has 0 atom stereocenters. The van der Waals surface area contributed by atoms with Crippen LogP contribution in [-0.2, 0) is 41.7 Å². The van der Waals surface area contributed by atoms with Crippen molar-refractivity contribution >= 4 is 36.6 Å². The van der Waals surface area contributed by atoms with Crippen molar-refractivity contribution in [3.05, 3.63) is 0 Å². The van der Waals surface area contributed by atoms with Gasteiger partial charge in [-0.2, -0.15) is 0 Å². The second kappa shape index (κ2) is 9.95. The minimum absolute atomic E-state index is 0.559. The van der Waals surface area contributed by atoms with Crippen LogP contribution in [0.25, 0.3) is 0 Å². The van der Waals surface area contributed by atoms with E-state index in [9.17, 15) is 0 Å². The molecule has 18 heavy (non-hydrogen) atoms. The average molecular weight is 334 g/mol. The Morgan fingerprint density at radius 2 is 0.833 bits per heavy atom. The lowest BCUT2D eigenvalue weighted by Gasteiger charge is -2.25. The third kappa shape index (κ3) is 7.66. The van der Waals surface area contributed by atoms with Crippen LogP contribution in [-0.4, -0.2) is 38.8 Å². The van der Waals surface area contributed by atoms with Gasteiger partial charge in [-0.05, 0) is 51.3 Å². The molecular weight excluding hydrogens is 310 g/mol. The molecule has 0 saturated carbocycles. The van der Waals surface area contributed by atoms with Gasteiger partial charge in [0.25, 0.3) is 0 Å². The first-order chi connectivity index (χ1) is 8.45. The second-order valence-corrected chi connectivity index (χ2v) is 11.0. The molecule has 0 aliphatic heterocycles. The molecule has 0 aromatic heterocycles. The van der Waals surface area contributed by atoms with Crippen LogP contribution in [0.2, 0.25) is 0 Å². The second-order valence-electron chi connectivity index (χ2n) is 3.34. The van der Waals surface area contributed by atoms with E-state index in [2.05, 4.69) is 0 Å². The van der Waals surface area contributed by atoms with E-state index in [1.165, 1.54) is 0 Å². The van der Waals surface area contributed by atoms with Gasteiger partial charge in [0, 0.05) is 12.3 Å². The predicted octanol–water partition coefficient (Wildman–Crippen LogP) is 3.75. The van der Waals surface area contributed by atoms with Gasteiger partial charge in [0.1, 0.15) is 0 Å². The van der Waals surface area contributed by atoms with Crippen molar-refractivity contribution in [3.8, 4) is 0 Å². The minimum Gasteiger partial charge on any atom is -0.330 e. The van der Waals surface area contributed by atoms with E-state index >= 15 is 0 Å². The molecule has 0 aliphatic rings. The molecule has 110 valence electrons. The van der Waals surface area contributed by atoms with Gasteiger partial charge in [-0.15, -0.1) is 0 Å². The summed E-state index contributed by atoms with van der Waals surface area (Å²) in [5, 5.41) is 0. The normalized spacial score (nSPS) is 12.9. The maximum absolute atomic E-state index is 5.59. The zero-order valence-corrected chi connectivity index (χ0v) is 15.0. The van der Waals surface area contributed by atoms with Crippen molar-refractivity contribution < 1.29 is 18.1 Å². The molecule has 0 rings (SSSR count). The summed E-state index contributed by atoms with van der Waals surface area (Å²) >= 11 is 10.9. The summed E-state index contributed by atoms with van der Waals surface area (Å²) in [5.41, 5.74) is 0. The third-order valence-electron chi connectivity index (χ3n) is 1.95. The highest BCUT2D eigenvalue weighted by molar-refractivity contribution is 8.12. The van der Waals surface area contributed by atoms with Crippen molar-refractivity contribution in [2.24, 2.45) is 0 Å². The maximum atomic E-state index is 5.59. The summed E-state index contributed by atoms with van der Waals surface area (Å²) in [7, 11) is 0. The van der Waals surface area contributed by atoms with Crippen LogP contribution in [0.3, 0.4) is 0 Å². The summed E-state index contributed by atoms with van der Waals surface area (Å²) in [6.07, 6.45) is 1.22. The molecule has 0 amide bonds. The Morgan fingerprint density at radius 1 is 0.611 bits per heavy atom. The standard InChI is InChI=1S/C10H24O4P2S2/c1-5-11-15(17,12-6-2)9-10-16(18,13-7-3)14-8-4/h5-10H2,1-4H3. The van der Waals surface area contributed by atoms with Crippen molar-refractivity contribution in [2.45, 2.75) is 27.7 Å². The Kier molecular flexibility index (Phi) is 10.6. The highest BCUT2D eigenvalue weighted by Gasteiger charge is 2.25. The summed E-state index contributed by atoms with van der Waals surface area (Å²) in [4.78, 5) is 0. The Hall–Kier alpha value is 1.14. The highest BCUT2D eigenvalue weighted by atomic mass is 32.5. The van der Waals surface area contributed by atoms with E-state index in [0.717, 1.165) is 0 Å². The molecule has 0 unspecified atom stereocenters. The Labute approximate surface area is 121 Å². The Balaban J connectivity index is 4.55. The first-order valence-corrected chi connectivity index (χ1v) is 11.9. The highest BCUT2D eigenvalue weighted by Crippen LogP contribution is 2.55. The van der Waals surface area contributed by atoms with E-state index in [-0.39, 0.29) is 0 Å². The monoisotopic (exact) mass is 334 g/mol. The smallest absolute Gasteiger partial charge is 0.189 e. The van der Waals surface area contributed by atoms with Crippen LogP contribution in [0.1, 0.15) is 27.7 Å². The van der Waals surface area contributed by atoms with Crippen molar-refractivity contribution in [3.63, 3.8) is 0 Å². The summed E-state index contributed by atoms with van der Waals surface area (Å²) in [5.74, 6) is 0. The van der Waals surface area contributed by atoms with Gasteiger partial charge >= 0.3 is 0 Å². The quantitative estimate of drug-likeness (QED) is 0.536. The van der Waals surface area contributed by atoms with E-state index in [4.69, 9.17) is 41.7 Å². The first kappa shape index (κ1) is 19.1. The molecule has 0 heterocycles. The average Bonchev–Trinajstić information content (AvgIpc) is 2.28. The lowest BCUT2D eigenvalue weighted by Crippen LogP contribution is -2.07. The van der Waals surface area contributed by atoms with Crippen molar-refractivity contribution in [1.82, 2.24) is 0 Å². The molecule has 0 N–H and O–H groups in total. The predicted molar refractivity (Wildman–Crippen MR) is 84.8 cm³/mol. The van der Waals surface area contributed by atoms with Gasteiger partial charge in [-0.25, -0.2) is 0 Å². The number of rotatable bonds is 11. The Morgan fingerprint density at radius 3 is 1.00 bits per heavy atom. The van der Waals surface area contributed by atoms with Crippen LogP contribution in [0.4, 0.5) is 0 Å². The molecule has 0 saturated heterocycles. The summed E-state index contributed by atoms with van der Waals surface area (Å²) in [6, 6.07) is 0. The number of hydrogen-bond acceptors (Lipinski definition) is 6. The van der Waals surface area contributed by atoms with Crippen LogP contribution >= 0.6 is 13.0 Å². The third-order valence-corrected chi connectivity index (χ3v) is 8.81. The Bertz CT molecular complexity index is 262. The number of hydrogen-bond donors (Lipinski definition) is 0. The first-order valence-electron chi connectivity index (χ1n) is 6.21. The molecule has 0 aliphatic carbocycles. The van der Waals surface area contributed by atoms with Crippen LogP contribution in [0.15, 0.2) is 0 Å². The van der Waals surface area contributed by atoms with E-state index in [1.807, 2.05) is 27.7 Å². The van der Waals surface area contributed by atoms with Gasteiger partial charge in [0.15, 0.2) is 13.0 Å². The molecule has 0 aromatic carbocycles. The molecule has 4 nitrogen and oxygen atoms in total. The van der Waals surface area contributed by atoms with Gasteiger partial charge in [-0.3, -0.25) is 0 Å². The zero-order chi connectivity index (χ0) is 14.1. The maximum Gasteiger partial charge on any atom is 0.189 e. The van der Waals surface area contributed by atoms with Crippen molar-refractivity contribution in [2.75, 3.05) is 38.8 Å². The SMILES string of the molecule is CCOP(=S)(CCP(=S)(OCC)OCC)OCC. The fourth-order valence-electron chi connectivity index (χ4n) is 1.36. The lowest BCUT2D eigenvalue weighted by atomic mass is 10.9. The van der Waals surface area contributed by atoms with Gasteiger partial charge < -0.3 is 18.1 Å². The van der Waals surface area contributed by atoms with Crippen LogP contribution in [0, 0.1) is 0 Å². The van der Waals surface area contributed by atoms with Gasteiger partial charge in [0.05, 0.1) is 26.4 Å². The summed E-state index contributed by atoms with van der Waals surface area (Å²) in [6.45, 7) is 5.45. The molecule has 0 radical (unpaired) electrons. The topological polar surface area (TPSA) is 36.9 Å². The molecule has 0 spiro atoms. The molecule has 0 bridgehead atoms. The summed E-state index contributed by atoms with van der Waals surface area (Å²) < 4.78 is 22.3. The molecule has 0 fully saturated rings. The van der Waals surface area contributed by atoms with Crippen LogP contribution in [0.5, 0.6) is 0 Å². The van der Waals surface area contributed by atoms with E-state index in [1.54, 1.807) is 0 Å². The van der Waals surface area contributed by atoms with E-state index in [0.29, 0.717) is 38.8 Å². The van der Waals surface area contributed by atoms with Gasteiger partial charge in [0.2, 0.25) is 0 Å². The van der Waals surface area contributed by atoms with Crippen LogP contribution < -0.4 is 0 Å². The fraction of sp³-hybridized carbons (Fsp3) is 1.00. The molecule has 8 heteroatoms. The molecular formula is C10H24O4P2S2. The van der Waals surface area contributed by atoms with Crippen molar-refractivity contribution in [1.29, 1.82) is 0 Å². The molecule has 0 aromatic rings. The largest absolute Gasteiger partial charge is 0.330 e. The minimum atomic E-state index is -2.23. The lowest BCUT2D eigenvalue weighted by molar-refractivity contribution is 0.259. The van der Waals surface area contributed by atoms with Gasteiger partial charge in [-0.1, -0.05) is 0 Å².